The number of unbranched alkanes of at least 4 members (excludes halogenated alkanes) is 20. The Bertz CT molecular complexity index is 5020. The smallest absolute Gasteiger partial charge is 0.0215 e. The van der Waals surface area contributed by atoms with Crippen LogP contribution in [0.3, 0.4) is 0 Å². The van der Waals surface area contributed by atoms with E-state index >= 15 is 0 Å². The van der Waals surface area contributed by atoms with E-state index in [4.69, 9.17) is 0 Å². The first kappa shape index (κ1) is 74.2. The molecule has 16 rings (SSSR count). The van der Waals surface area contributed by atoms with E-state index in [1.165, 1.54) is 297 Å². The van der Waals surface area contributed by atoms with Crippen molar-refractivity contribution in [3.8, 4) is 100 Å². The highest BCUT2D eigenvalue weighted by molar-refractivity contribution is 6.23. The fraction of sp³-hybridized carbons (Fsp3) is 0.309. The van der Waals surface area contributed by atoms with Crippen molar-refractivity contribution >= 4 is 43.1 Å². The molecule has 2 aliphatic rings. The van der Waals surface area contributed by atoms with Gasteiger partial charge in [-0.1, -0.05) is 424 Å². The lowest BCUT2D eigenvalue weighted by atomic mass is 9.69. The summed E-state index contributed by atoms with van der Waals surface area (Å²) in [6, 6.07) is 109. The summed E-state index contributed by atoms with van der Waals surface area (Å²) < 4.78 is 0. The molecule has 0 radical (unpaired) electrons. The lowest BCUT2D eigenvalue weighted by Crippen LogP contribution is -2.26. The van der Waals surface area contributed by atoms with Gasteiger partial charge in [0.1, 0.15) is 0 Å². The standard InChI is InChI=1S/C110H114/c1-5-9-13-17-21-39-69-109(70-40-22-18-14-10-6-2)101-75-83(61-65-89(101)91-67-63-87(77-103(91)109)107-97-57-35-31-53-93(97)105(94-54-32-36-58-98(94)107)85-51-43-49-81(73-85)79-45-27-25-28-46-79)84-62-66-90-92-68-64-88(78-104(92)110(102(90)76-84,71-41-23-19-15-11-7-3)72-42-24-20-16-12-8-4)108-99-59-37-33-55-95(99)106(96-56-34-38-60-100(96)108)86-52-44-50-82(74-86)80-47-29-26-30-48-80/h25-38,43-68,73-78H,5-24,39-42,69-72H2,1-4H3. The van der Waals surface area contributed by atoms with Gasteiger partial charge in [0.2, 0.25) is 0 Å². The molecule has 0 aliphatic heterocycles. The van der Waals surface area contributed by atoms with E-state index in [2.05, 4.69) is 307 Å². The van der Waals surface area contributed by atoms with Crippen molar-refractivity contribution in [1.82, 2.24) is 0 Å². The van der Waals surface area contributed by atoms with Crippen LogP contribution in [0.2, 0.25) is 0 Å². The zero-order chi connectivity index (χ0) is 74.6. The Morgan fingerprint density at radius 2 is 0.364 bits per heavy atom. The average Bonchev–Trinajstić information content (AvgIpc) is 1.48. The molecule has 0 atom stereocenters. The van der Waals surface area contributed by atoms with Crippen molar-refractivity contribution in [2.75, 3.05) is 0 Å². The maximum Gasteiger partial charge on any atom is 0.0215 e. The van der Waals surface area contributed by atoms with Crippen LogP contribution in [0, 0.1) is 0 Å². The minimum absolute atomic E-state index is 0.142. The van der Waals surface area contributed by atoms with E-state index in [9.17, 15) is 0 Å². The molecule has 0 bridgehead atoms. The van der Waals surface area contributed by atoms with E-state index in [1.807, 2.05) is 0 Å². The number of hydrogen-bond donors (Lipinski definition) is 0. The lowest BCUT2D eigenvalue weighted by Gasteiger charge is -2.34. The summed E-state index contributed by atoms with van der Waals surface area (Å²) >= 11 is 0. The Morgan fingerprint density at radius 1 is 0.164 bits per heavy atom. The van der Waals surface area contributed by atoms with Crippen LogP contribution < -0.4 is 0 Å². The molecule has 110 heavy (non-hydrogen) atoms. The van der Waals surface area contributed by atoms with E-state index < -0.39 is 0 Å². The van der Waals surface area contributed by atoms with Crippen LogP contribution in [0.4, 0.5) is 0 Å². The Morgan fingerprint density at radius 3 is 0.636 bits per heavy atom. The van der Waals surface area contributed by atoms with Crippen LogP contribution in [0.25, 0.3) is 143 Å². The fourth-order valence-corrected chi connectivity index (χ4v) is 20.3. The minimum Gasteiger partial charge on any atom is -0.0654 e. The van der Waals surface area contributed by atoms with E-state index in [0.717, 1.165) is 25.7 Å². The van der Waals surface area contributed by atoms with Gasteiger partial charge in [0.05, 0.1) is 0 Å². The van der Waals surface area contributed by atoms with Crippen LogP contribution >= 0.6 is 0 Å². The third-order valence-corrected chi connectivity index (χ3v) is 25.8. The van der Waals surface area contributed by atoms with Gasteiger partial charge in [0.25, 0.3) is 0 Å². The third-order valence-electron chi connectivity index (χ3n) is 25.8. The minimum atomic E-state index is -0.142. The number of rotatable bonds is 35. The van der Waals surface area contributed by atoms with Crippen LogP contribution in [0.5, 0.6) is 0 Å². The molecule has 0 amide bonds. The second kappa shape index (κ2) is 34.6. The summed E-state index contributed by atoms with van der Waals surface area (Å²) in [5, 5.41) is 10.5. The number of hydrogen-bond acceptors (Lipinski definition) is 0. The Hall–Kier alpha value is -9.88. The van der Waals surface area contributed by atoms with Gasteiger partial charge < -0.3 is 0 Å². The van der Waals surface area contributed by atoms with Gasteiger partial charge in [0, 0.05) is 10.8 Å². The van der Waals surface area contributed by atoms with Crippen LogP contribution in [-0.2, 0) is 10.8 Å². The molecular weight excluding hydrogens is 1320 g/mol. The molecule has 0 N–H and O–H groups in total. The lowest BCUT2D eigenvalue weighted by molar-refractivity contribution is 0.397. The summed E-state index contributed by atoms with van der Waals surface area (Å²) in [4.78, 5) is 0. The molecule has 0 heteroatoms. The van der Waals surface area contributed by atoms with Gasteiger partial charge in [-0.05, 0) is 228 Å². The number of fused-ring (bicyclic) bond motifs is 10. The second-order valence-corrected chi connectivity index (χ2v) is 32.9. The van der Waals surface area contributed by atoms with Crippen LogP contribution in [0.1, 0.15) is 230 Å². The molecule has 0 saturated heterocycles. The zero-order valence-corrected chi connectivity index (χ0v) is 66.4. The van der Waals surface area contributed by atoms with Gasteiger partial charge in [-0.25, -0.2) is 0 Å². The normalized spacial score (nSPS) is 13.2. The Balaban J connectivity index is 0.842. The molecule has 14 aromatic carbocycles. The molecule has 0 fully saturated rings. The predicted octanol–water partition coefficient (Wildman–Crippen LogP) is 33.5. The van der Waals surface area contributed by atoms with Crippen molar-refractivity contribution in [1.29, 1.82) is 0 Å². The highest BCUT2D eigenvalue weighted by atomic mass is 14.5. The van der Waals surface area contributed by atoms with Crippen molar-refractivity contribution in [2.24, 2.45) is 0 Å². The van der Waals surface area contributed by atoms with Crippen molar-refractivity contribution in [2.45, 2.75) is 218 Å². The summed E-state index contributed by atoms with van der Waals surface area (Å²) in [6.45, 7) is 9.44. The first-order valence-electron chi connectivity index (χ1n) is 43.2. The topological polar surface area (TPSA) is 0 Å². The molecule has 0 saturated carbocycles. The van der Waals surface area contributed by atoms with Gasteiger partial charge in [-0.3, -0.25) is 0 Å². The largest absolute Gasteiger partial charge is 0.0654 e. The summed E-state index contributed by atoms with van der Waals surface area (Å²) in [6.07, 6.45) is 35.5. The molecule has 0 spiro atoms. The van der Waals surface area contributed by atoms with E-state index in [0.29, 0.717) is 0 Å². The highest BCUT2D eigenvalue weighted by Gasteiger charge is 2.45. The van der Waals surface area contributed by atoms with Crippen LogP contribution in [-0.4, -0.2) is 0 Å². The van der Waals surface area contributed by atoms with E-state index in [1.54, 1.807) is 22.3 Å². The van der Waals surface area contributed by atoms with Crippen LogP contribution in [0.15, 0.2) is 279 Å². The predicted molar refractivity (Wildman–Crippen MR) is 479 cm³/mol. The Kier molecular flexibility index (Phi) is 23.3. The second-order valence-electron chi connectivity index (χ2n) is 32.9. The van der Waals surface area contributed by atoms with Crippen molar-refractivity contribution in [3.63, 3.8) is 0 Å². The van der Waals surface area contributed by atoms with Gasteiger partial charge in [0.15, 0.2) is 0 Å². The average molecular weight is 1440 g/mol. The molecule has 0 aromatic heterocycles. The molecule has 0 unspecified atom stereocenters. The molecule has 554 valence electrons. The van der Waals surface area contributed by atoms with Gasteiger partial charge in [-0.15, -0.1) is 0 Å². The first-order chi connectivity index (χ1) is 54.4. The third kappa shape index (κ3) is 14.8. The monoisotopic (exact) mass is 1430 g/mol. The van der Waals surface area contributed by atoms with E-state index in [-0.39, 0.29) is 10.8 Å². The number of benzene rings is 14. The SMILES string of the molecule is CCCCCCCCC1(CCCCCCCC)c2cc(-c3ccc4c(c3)C(CCCCCCCC)(CCCCCCCC)c3cc(-c5c6ccccc6c(-c6cccc(-c7ccccc7)c6)c6ccccc56)ccc3-4)ccc2-c2ccc(-c3c4ccccc4c(-c4cccc(-c5ccccc5)c4)c4ccccc34)cc21. The summed E-state index contributed by atoms with van der Waals surface area (Å²) in [5.41, 5.74) is 30.0. The maximum absolute atomic E-state index is 2.76. The van der Waals surface area contributed by atoms with Gasteiger partial charge >= 0.3 is 0 Å². The maximum atomic E-state index is 2.76. The zero-order valence-electron chi connectivity index (χ0n) is 66.4. The van der Waals surface area contributed by atoms with Crippen molar-refractivity contribution in [3.05, 3.63) is 301 Å². The molecule has 14 aromatic rings. The highest BCUT2D eigenvalue weighted by Crippen LogP contribution is 2.60. The van der Waals surface area contributed by atoms with Gasteiger partial charge in [-0.2, -0.15) is 0 Å². The summed E-state index contributed by atoms with van der Waals surface area (Å²) in [5.74, 6) is 0. The molecule has 0 heterocycles. The molecule has 0 nitrogen and oxygen atoms in total. The summed E-state index contributed by atoms with van der Waals surface area (Å²) in [7, 11) is 0. The van der Waals surface area contributed by atoms with Crippen molar-refractivity contribution < 1.29 is 0 Å². The molecular formula is C110H114. The fourth-order valence-electron chi connectivity index (χ4n) is 20.3. The first-order valence-corrected chi connectivity index (χ1v) is 43.2. The quantitative estimate of drug-likeness (QED) is 0.0274. The molecule has 2 aliphatic carbocycles. The Labute approximate surface area is 658 Å².